The van der Waals surface area contributed by atoms with Gasteiger partial charge in [0.2, 0.25) is 0 Å². The largest absolute Gasteiger partial charge is 0.487 e. The second-order valence-electron chi connectivity index (χ2n) is 5.24. The van der Waals surface area contributed by atoms with Crippen molar-refractivity contribution in [3.63, 3.8) is 0 Å². The molecule has 0 aromatic heterocycles. The van der Waals surface area contributed by atoms with E-state index in [0.717, 1.165) is 17.3 Å². The molecule has 0 atom stereocenters. The van der Waals surface area contributed by atoms with Crippen LogP contribution in [0.5, 0.6) is 5.75 Å². The van der Waals surface area contributed by atoms with Crippen LogP contribution >= 0.6 is 23.4 Å². The number of thioether (sulfide) groups is 1. The van der Waals surface area contributed by atoms with Gasteiger partial charge in [0.15, 0.2) is 0 Å². The van der Waals surface area contributed by atoms with E-state index in [1.54, 1.807) is 54.6 Å². The number of halogens is 1. The van der Waals surface area contributed by atoms with E-state index in [-0.39, 0.29) is 11.8 Å². The molecule has 0 spiro atoms. The number of carbonyl (C=O) groups is 2. The molecular formula is C18H13ClN2O4S. The number of hydrogen-bond donors (Lipinski definition) is 2. The minimum Gasteiger partial charge on any atom is -0.487 e. The second-order valence-corrected chi connectivity index (χ2v) is 6.66. The fourth-order valence-electron chi connectivity index (χ4n) is 2.24. The number of carbonyl (C=O) groups excluding carboxylic acids is 2. The third-order valence-electron chi connectivity index (χ3n) is 3.50. The Hall–Kier alpha value is -2.77. The Morgan fingerprint density at radius 2 is 1.92 bits per heavy atom. The van der Waals surface area contributed by atoms with Gasteiger partial charge in [0.1, 0.15) is 18.1 Å². The zero-order valence-electron chi connectivity index (χ0n) is 13.3. The summed E-state index contributed by atoms with van der Waals surface area (Å²) >= 11 is 6.95. The SMILES string of the molecule is O=C1NC(=O)/C(=C/c2ccc(OC/C(=N\O)c3ccccc3Cl)cc2)S1. The van der Waals surface area contributed by atoms with Crippen molar-refractivity contribution in [2.75, 3.05) is 6.61 Å². The van der Waals surface area contributed by atoms with Crippen molar-refractivity contribution < 1.29 is 19.5 Å². The van der Waals surface area contributed by atoms with Gasteiger partial charge >= 0.3 is 0 Å². The number of oxime groups is 1. The van der Waals surface area contributed by atoms with Crippen LogP contribution in [0.15, 0.2) is 58.6 Å². The molecule has 0 radical (unpaired) electrons. The maximum atomic E-state index is 11.5. The van der Waals surface area contributed by atoms with Gasteiger partial charge in [-0.1, -0.05) is 47.1 Å². The van der Waals surface area contributed by atoms with Crippen molar-refractivity contribution in [3.05, 3.63) is 69.6 Å². The van der Waals surface area contributed by atoms with Crippen LogP contribution in [-0.4, -0.2) is 28.7 Å². The molecule has 0 saturated carbocycles. The standard InChI is InChI=1S/C18H13ClN2O4S/c19-14-4-2-1-3-13(14)15(21-24)10-25-12-7-5-11(6-8-12)9-16-17(22)20-18(23)26-16/h1-9,24H,10H2,(H,20,22,23)/b16-9-,21-15+. The fraction of sp³-hybridized carbons (Fsp3) is 0.0556. The lowest BCUT2D eigenvalue weighted by molar-refractivity contribution is -0.115. The minimum atomic E-state index is -0.399. The van der Waals surface area contributed by atoms with Gasteiger partial charge in [0.25, 0.3) is 11.1 Å². The Bertz CT molecular complexity index is 910. The predicted molar refractivity (Wildman–Crippen MR) is 101 cm³/mol. The fourth-order valence-corrected chi connectivity index (χ4v) is 3.17. The first kappa shape index (κ1) is 18.0. The molecular weight excluding hydrogens is 376 g/mol. The lowest BCUT2D eigenvalue weighted by Gasteiger charge is -2.09. The molecule has 6 nitrogen and oxygen atoms in total. The molecule has 8 heteroatoms. The number of nitrogens with zero attached hydrogens (tertiary/aromatic N) is 1. The average molecular weight is 389 g/mol. The lowest BCUT2D eigenvalue weighted by Crippen LogP contribution is -2.17. The zero-order chi connectivity index (χ0) is 18.5. The molecule has 0 aliphatic carbocycles. The number of rotatable bonds is 5. The van der Waals surface area contributed by atoms with Crippen LogP contribution in [-0.2, 0) is 4.79 Å². The quantitative estimate of drug-likeness (QED) is 0.351. The number of nitrogens with one attached hydrogen (secondary N) is 1. The van der Waals surface area contributed by atoms with E-state index in [0.29, 0.717) is 27.0 Å². The topological polar surface area (TPSA) is 88.0 Å². The Morgan fingerprint density at radius 3 is 2.54 bits per heavy atom. The Balaban J connectivity index is 1.66. The zero-order valence-corrected chi connectivity index (χ0v) is 14.9. The Labute approximate surface area is 158 Å². The Morgan fingerprint density at radius 1 is 1.19 bits per heavy atom. The van der Waals surface area contributed by atoms with Crippen LogP contribution in [0, 0.1) is 0 Å². The molecule has 1 saturated heterocycles. The molecule has 1 aliphatic heterocycles. The number of amides is 2. The van der Waals surface area contributed by atoms with E-state index in [1.807, 2.05) is 0 Å². The van der Waals surface area contributed by atoms with Crippen LogP contribution in [0.25, 0.3) is 6.08 Å². The number of hydrogen-bond acceptors (Lipinski definition) is 6. The van der Waals surface area contributed by atoms with Gasteiger partial charge in [0, 0.05) is 10.6 Å². The van der Waals surface area contributed by atoms with Crippen molar-refractivity contribution in [2.45, 2.75) is 0 Å². The van der Waals surface area contributed by atoms with Crippen molar-refractivity contribution in [3.8, 4) is 5.75 Å². The molecule has 2 aromatic rings. The molecule has 2 aromatic carbocycles. The van der Waals surface area contributed by atoms with Gasteiger partial charge in [-0.25, -0.2) is 0 Å². The van der Waals surface area contributed by atoms with Gasteiger partial charge in [-0.3, -0.25) is 14.9 Å². The van der Waals surface area contributed by atoms with Gasteiger partial charge in [-0.2, -0.15) is 0 Å². The minimum absolute atomic E-state index is 0.0351. The van der Waals surface area contributed by atoms with Crippen LogP contribution in [0.1, 0.15) is 11.1 Å². The smallest absolute Gasteiger partial charge is 0.290 e. The normalized spacial score (nSPS) is 16.0. The molecule has 132 valence electrons. The molecule has 26 heavy (non-hydrogen) atoms. The van der Waals surface area contributed by atoms with Crippen LogP contribution in [0.3, 0.4) is 0 Å². The maximum Gasteiger partial charge on any atom is 0.290 e. The van der Waals surface area contributed by atoms with E-state index >= 15 is 0 Å². The predicted octanol–water partition coefficient (Wildman–Crippen LogP) is 3.92. The highest BCUT2D eigenvalue weighted by Gasteiger charge is 2.24. The average Bonchev–Trinajstić information content (AvgIpc) is 2.95. The summed E-state index contributed by atoms with van der Waals surface area (Å²) in [6, 6.07) is 13.9. The van der Waals surface area contributed by atoms with E-state index < -0.39 is 5.91 Å². The highest BCUT2D eigenvalue weighted by Crippen LogP contribution is 2.26. The van der Waals surface area contributed by atoms with Gasteiger partial charge < -0.3 is 9.94 Å². The molecule has 0 bridgehead atoms. The molecule has 1 fully saturated rings. The van der Waals surface area contributed by atoms with E-state index in [2.05, 4.69) is 10.5 Å². The molecule has 1 heterocycles. The van der Waals surface area contributed by atoms with E-state index in [4.69, 9.17) is 16.3 Å². The summed E-state index contributed by atoms with van der Waals surface area (Å²) in [7, 11) is 0. The second kappa shape index (κ2) is 8.07. The summed E-state index contributed by atoms with van der Waals surface area (Å²) in [5.41, 5.74) is 1.65. The number of ether oxygens (including phenoxy) is 1. The lowest BCUT2D eigenvalue weighted by atomic mass is 10.1. The first-order valence-electron chi connectivity index (χ1n) is 7.50. The summed E-state index contributed by atoms with van der Waals surface area (Å²) in [6.45, 7) is 0.0351. The molecule has 2 N–H and O–H groups in total. The van der Waals surface area contributed by atoms with Crippen molar-refractivity contribution >= 4 is 46.3 Å². The first-order valence-corrected chi connectivity index (χ1v) is 8.70. The molecule has 3 rings (SSSR count). The summed E-state index contributed by atoms with van der Waals surface area (Å²) in [5.74, 6) is 0.156. The van der Waals surface area contributed by atoms with Crippen LogP contribution in [0.4, 0.5) is 4.79 Å². The highest BCUT2D eigenvalue weighted by atomic mass is 35.5. The monoisotopic (exact) mass is 388 g/mol. The summed E-state index contributed by atoms with van der Waals surface area (Å²) in [4.78, 5) is 23.0. The third kappa shape index (κ3) is 4.25. The summed E-state index contributed by atoms with van der Waals surface area (Å²) in [6.07, 6.45) is 1.62. The molecule has 0 unspecified atom stereocenters. The Kier molecular flexibility index (Phi) is 5.60. The van der Waals surface area contributed by atoms with Crippen molar-refractivity contribution in [2.24, 2.45) is 5.16 Å². The molecule has 1 aliphatic rings. The summed E-state index contributed by atoms with van der Waals surface area (Å²) < 4.78 is 5.62. The van der Waals surface area contributed by atoms with Crippen LogP contribution < -0.4 is 10.1 Å². The van der Waals surface area contributed by atoms with E-state index in [9.17, 15) is 14.8 Å². The number of imide groups is 1. The maximum absolute atomic E-state index is 11.5. The molecule has 2 amide bonds. The highest BCUT2D eigenvalue weighted by molar-refractivity contribution is 8.18. The summed E-state index contributed by atoms with van der Waals surface area (Å²) in [5, 5.41) is 14.7. The van der Waals surface area contributed by atoms with Crippen LogP contribution in [0.2, 0.25) is 5.02 Å². The van der Waals surface area contributed by atoms with Gasteiger partial charge in [-0.05, 0) is 41.6 Å². The van der Waals surface area contributed by atoms with Gasteiger partial charge in [0.05, 0.1) is 4.91 Å². The third-order valence-corrected chi connectivity index (χ3v) is 4.64. The first-order chi connectivity index (χ1) is 12.6. The van der Waals surface area contributed by atoms with E-state index in [1.165, 1.54) is 0 Å². The van der Waals surface area contributed by atoms with Crippen molar-refractivity contribution in [1.82, 2.24) is 5.32 Å². The van der Waals surface area contributed by atoms with Crippen molar-refractivity contribution in [1.29, 1.82) is 0 Å². The number of benzene rings is 2. The van der Waals surface area contributed by atoms with Gasteiger partial charge in [-0.15, -0.1) is 0 Å².